The molecule has 0 saturated carbocycles. The summed E-state index contributed by atoms with van der Waals surface area (Å²) in [6, 6.07) is 7.67. The van der Waals surface area contributed by atoms with Crippen molar-refractivity contribution >= 4 is 11.8 Å². The standard InChI is InChI=1S/C15H25N3O2/c1-15(2,3)20-14(19)17-13(10-16)11-6-8-12(9-7-11)18(4)5/h6-9,13H,10,16H2,1-5H3,(H,17,19). The maximum atomic E-state index is 11.8. The smallest absolute Gasteiger partial charge is 0.408 e. The highest BCUT2D eigenvalue weighted by Gasteiger charge is 2.19. The number of rotatable bonds is 4. The van der Waals surface area contributed by atoms with Crippen LogP contribution in [0.4, 0.5) is 10.5 Å². The van der Waals surface area contributed by atoms with Gasteiger partial charge in [-0.15, -0.1) is 0 Å². The van der Waals surface area contributed by atoms with Crippen LogP contribution < -0.4 is 16.0 Å². The molecule has 5 nitrogen and oxygen atoms in total. The van der Waals surface area contributed by atoms with Gasteiger partial charge >= 0.3 is 6.09 Å². The molecule has 1 atom stereocenters. The van der Waals surface area contributed by atoms with E-state index in [-0.39, 0.29) is 6.04 Å². The van der Waals surface area contributed by atoms with Crippen LogP contribution in [0.2, 0.25) is 0 Å². The molecule has 0 fully saturated rings. The Labute approximate surface area is 121 Å². The van der Waals surface area contributed by atoms with E-state index in [1.165, 1.54) is 0 Å². The lowest BCUT2D eigenvalue weighted by Gasteiger charge is -2.23. The molecule has 1 amide bonds. The summed E-state index contributed by atoms with van der Waals surface area (Å²) in [6.07, 6.45) is -0.454. The van der Waals surface area contributed by atoms with Gasteiger partial charge in [-0.05, 0) is 38.5 Å². The van der Waals surface area contributed by atoms with Crippen molar-refractivity contribution in [3.05, 3.63) is 29.8 Å². The largest absolute Gasteiger partial charge is 0.444 e. The molecule has 20 heavy (non-hydrogen) atoms. The lowest BCUT2D eigenvalue weighted by atomic mass is 10.1. The number of ether oxygens (including phenoxy) is 1. The van der Waals surface area contributed by atoms with Crippen molar-refractivity contribution in [1.29, 1.82) is 0 Å². The summed E-state index contributed by atoms with van der Waals surface area (Å²) in [5, 5.41) is 2.79. The van der Waals surface area contributed by atoms with Crippen LogP contribution in [0, 0.1) is 0 Å². The van der Waals surface area contributed by atoms with Gasteiger partial charge in [0.05, 0.1) is 6.04 Å². The molecular formula is C15H25N3O2. The van der Waals surface area contributed by atoms with Crippen molar-refractivity contribution in [2.24, 2.45) is 5.73 Å². The van der Waals surface area contributed by atoms with E-state index < -0.39 is 11.7 Å². The molecule has 1 rings (SSSR count). The summed E-state index contributed by atoms with van der Waals surface area (Å²) in [5.74, 6) is 0. The third-order valence-electron chi connectivity index (χ3n) is 2.74. The van der Waals surface area contributed by atoms with E-state index in [0.717, 1.165) is 11.3 Å². The molecule has 112 valence electrons. The summed E-state index contributed by atoms with van der Waals surface area (Å²) < 4.78 is 5.24. The van der Waals surface area contributed by atoms with Crippen LogP contribution in [0.25, 0.3) is 0 Å². The van der Waals surface area contributed by atoms with Gasteiger partial charge in [0.1, 0.15) is 5.60 Å². The Kier molecular flexibility index (Phi) is 5.39. The number of nitrogens with two attached hydrogens (primary N) is 1. The van der Waals surface area contributed by atoms with Gasteiger partial charge in [0.25, 0.3) is 0 Å². The average Bonchev–Trinajstić information content (AvgIpc) is 2.34. The highest BCUT2D eigenvalue weighted by molar-refractivity contribution is 5.68. The number of nitrogens with zero attached hydrogens (tertiary/aromatic N) is 1. The second-order valence-corrected chi connectivity index (χ2v) is 5.92. The van der Waals surface area contributed by atoms with Crippen molar-refractivity contribution < 1.29 is 9.53 Å². The normalized spacial score (nSPS) is 12.7. The molecule has 0 aliphatic rings. The van der Waals surface area contributed by atoms with Crippen LogP contribution in [-0.2, 0) is 4.74 Å². The van der Waals surface area contributed by atoms with Gasteiger partial charge in [-0.3, -0.25) is 0 Å². The van der Waals surface area contributed by atoms with E-state index in [2.05, 4.69) is 5.32 Å². The number of anilines is 1. The Morgan fingerprint density at radius 3 is 2.25 bits per heavy atom. The number of hydrogen-bond acceptors (Lipinski definition) is 4. The number of carbonyl (C=O) groups excluding carboxylic acids is 1. The van der Waals surface area contributed by atoms with Crippen LogP contribution in [-0.4, -0.2) is 32.3 Å². The molecule has 0 aromatic heterocycles. The molecule has 0 spiro atoms. The number of hydrogen-bond donors (Lipinski definition) is 2. The molecule has 1 unspecified atom stereocenters. The van der Waals surface area contributed by atoms with Gasteiger partial charge < -0.3 is 20.7 Å². The summed E-state index contributed by atoms with van der Waals surface area (Å²) in [4.78, 5) is 13.8. The van der Waals surface area contributed by atoms with Crippen LogP contribution in [0.15, 0.2) is 24.3 Å². The zero-order chi connectivity index (χ0) is 15.3. The third-order valence-corrected chi connectivity index (χ3v) is 2.74. The van der Waals surface area contributed by atoms with E-state index in [9.17, 15) is 4.79 Å². The monoisotopic (exact) mass is 279 g/mol. The van der Waals surface area contributed by atoms with Gasteiger partial charge in [-0.1, -0.05) is 12.1 Å². The van der Waals surface area contributed by atoms with Gasteiger partial charge in [0.2, 0.25) is 0 Å². The number of nitrogens with one attached hydrogen (secondary N) is 1. The fourth-order valence-electron chi connectivity index (χ4n) is 1.73. The molecule has 0 heterocycles. The number of alkyl carbamates (subject to hydrolysis) is 1. The predicted octanol–water partition coefficient (Wildman–Crippen LogP) is 2.28. The molecule has 0 saturated heterocycles. The number of amides is 1. The van der Waals surface area contributed by atoms with Gasteiger partial charge in [-0.2, -0.15) is 0 Å². The number of carbonyl (C=O) groups is 1. The summed E-state index contributed by atoms with van der Waals surface area (Å²) in [6.45, 7) is 5.81. The Balaban J connectivity index is 2.73. The summed E-state index contributed by atoms with van der Waals surface area (Å²) in [5.41, 5.74) is 7.28. The van der Waals surface area contributed by atoms with Crippen molar-refractivity contribution in [2.45, 2.75) is 32.4 Å². The summed E-state index contributed by atoms with van der Waals surface area (Å²) >= 11 is 0. The Hall–Kier alpha value is -1.75. The molecule has 0 radical (unpaired) electrons. The highest BCUT2D eigenvalue weighted by atomic mass is 16.6. The minimum absolute atomic E-state index is 0.249. The van der Waals surface area contributed by atoms with Gasteiger partial charge in [0.15, 0.2) is 0 Å². The van der Waals surface area contributed by atoms with Crippen molar-refractivity contribution in [3.63, 3.8) is 0 Å². The number of benzene rings is 1. The quantitative estimate of drug-likeness (QED) is 0.887. The first kappa shape index (κ1) is 16.3. The fraction of sp³-hybridized carbons (Fsp3) is 0.533. The van der Waals surface area contributed by atoms with Crippen molar-refractivity contribution in [1.82, 2.24) is 5.32 Å². The van der Waals surface area contributed by atoms with Gasteiger partial charge in [0, 0.05) is 26.3 Å². The predicted molar refractivity (Wildman–Crippen MR) is 81.9 cm³/mol. The SMILES string of the molecule is CN(C)c1ccc(C(CN)NC(=O)OC(C)(C)C)cc1. The second kappa shape index (κ2) is 6.61. The lowest BCUT2D eigenvalue weighted by Crippen LogP contribution is -2.37. The molecule has 5 heteroatoms. The van der Waals surface area contributed by atoms with Crippen LogP contribution in [0.1, 0.15) is 32.4 Å². The second-order valence-electron chi connectivity index (χ2n) is 5.92. The minimum Gasteiger partial charge on any atom is -0.444 e. The van der Waals surface area contributed by atoms with Crippen LogP contribution in [0.3, 0.4) is 0 Å². The third kappa shape index (κ3) is 5.09. The molecular weight excluding hydrogens is 254 g/mol. The first-order valence-electron chi connectivity index (χ1n) is 6.70. The Morgan fingerprint density at radius 2 is 1.85 bits per heavy atom. The van der Waals surface area contributed by atoms with Gasteiger partial charge in [-0.25, -0.2) is 4.79 Å². The fourth-order valence-corrected chi connectivity index (χ4v) is 1.73. The van der Waals surface area contributed by atoms with E-state index in [1.54, 1.807) is 0 Å². The highest BCUT2D eigenvalue weighted by Crippen LogP contribution is 2.18. The topological polar surface area (TPSA) is 67.6 Å². The summed E-state index contributed by atoms with van der Waals surface area (Å²) in [7, 11) is 3.96. The Bertz CT molecular complexity index is 435. The van der Waals surface area contributed by atoms with Crippen molar-refractivity contribution in [3.8, 4) is 0 Å². The van der Waals surface area contributed by atoms with E-state index in [1.807, 2.05) is 64.0 Å². The minimum atomic E-state index is -0.516. The first-order valence-corrected chi connectivity index (χ1v) is 6.70. The van der Waals surface area contributed by atoms with E-state index >= 15 is 0 Å². The molecule has 1 aromatic rings. The van der Waals surface area contributed by atoms with Crippen LogP contribution in [0.5, 0.6) is 0 Å². The van der Waals surface area contributed by atoms with E-state index in [0.29, 0.717) is 6.54 Å². The molecule has 0 bridgehead atoms. The van der Waals surface area contributed by atoms with Crippen LogP contribution >= 0.6 is 0 Å². The zero-order valence-electron chi connectivity index (χ0n) is 12.9. The molecule has 0 aliphatic heterocycles. The Morgan fingerprint density at radius 1 is 1.30 bits per heavy atom. The first-order chi connectivity index (χ1) is 9.23. The maximum Gasteiger partial charge on any atom is 0.408 e. The molecule has 1 aromatic carbocycles. The molecule has 3 N–H and O–H groups in total. The van der Waals surface area contributed by atoms with Crippen molar-refractivity contribution in [2.75, 3.05) is 25.5 Å². The maximum absolute atomic E-state index is 11.8. The lowest BCUT2D eigenvalue weighted by molar-refractivity contribution is 0.0505. The average molecular weight is 279 g/mol. The zero-order valence-corrected chi connectivity index (χ0v) is 12.9. The van der Waals surface area contributed by atoms with E-state index in [4.69, 9.17) is 10.5 Å². The molecule has 0 aliphatic carbocycles.